The van der Waals surface area contributed by atoms with Gasteiger partial charge in [-0.1, -0.05) is 6.07 Å². The average molecular weight is 281 g/mol. The van der Waals surface area contributed by atoms with Gasteiger partial charge in [0.2, 0.25) is 0 Å². The summed E-state index contributed by atoms with van der Waals surface area (Å²) in [5, 5.41) is 9.17. The van der Waals surface area contributed by atoms with Gasteiger partial charge in [-0.05, 0) is 43.3 Å². The molecule has 0 aliphatic carbocycles. The van der Waals surface area contributed by atoms with Crippen molar-refractivity contribution in [2.75, 3.05) is 19.9 Å². The minimum atomic E-state index is -0.717. The average Bonchev–Trinajstić information content (AvgIpc) is 2.87. The molecular weight excluding hydrogens is 262 g/mol. The standard InChI is InChI=1S/C14H19NO3S/c1-18-12-8-10(5-6-13(12)19-2)9-15-7-3-4-11(15)14(16)17/h5-6,8,11H,3-4,7,9H2,1-2H3,(H,16,17). The van der Waals surface area contributed by atoms with Gasteiger partial charge < -0.3 is 9.84 Å². The molecular formula is C14H19NO3S. The van der Waals surface area contributed by atoms with E-state index in [1.807, 2.05) is 29.4 Å². The number of carboxylic acids is 1. The number of hydrogen-bond acceptors (Lipinski definition) is 4. The first-order valence-electron chi connectivity index (χ1n) is 6.33. The number of thioether (sulfide) groups is 1. The summed E-state index contributed by atoms with van der Waals surface area (Å²) in [6, 6.07) is 5.74. The highest BCUT2D eigenvalue weighted by Gasteiger charge is 2.30. The lowest BCUT2D eigenvalue weighted by molar-refractivity contribution is -0.142. The van der Waals surface area contributed by atoms with Crippen molar-refractivity contribution in [1.29, 1.82) is 0 Å². The molecule has 1 heterocycles. The molecule has 2 rings (SSSR count). The maximum absolute atomic E-state index is 11.2. The van der Waals surface area contributed by atoms with Gasteiger partial charge in [0, 0.05) is 11.4 Å². The maximum Gasteiger partial charge on any atom is 0.320 e. The number of likely N-dealkylation sites (tertiary alicyclic amines) is 1. The second kappa shape index (κ2) is 6.30. The zero-order valence-corrected chi connectivity index (χ0v) is 12.1. The number of carbonyl (C=O) groups is 1. The first-order chi connectivity index (χ1) is 9.15. The molecule has 104 valence electrons. The fraction of sp³-hybridized carbons (Fsp3) is 0.500. The van der Waals surface area contributed by atoms with Crippen LogP contribution in [0.3, 0.4) is 0 Å². The Morgan fingerprint density at radius 2 is 2.37 bits per heavy atom. The highest BCUT2D eigenvalue weighted by molar-refractivity contribution is 7.98. The molecule has 0 radical (unpaired) electrons. The number of rotatable bonds is 5. The molecule has 0 amide bonds. The van der Waals surface area contributed by atoms with Gasteiger partial charge >= 0.3 is 5.97 Å². The van der Waals surface area contributed by atoms with E-state index in [2.05, 4.69) is 0 Å². The van der Waals surface area contributed by atoms with Gasteiger partial charge in [-0.2, -0.15) is 0 Å². The van der Waals surface area contributed by atoms with Crippen LogP contribution in [0.2, 0.25) is 0 Å². The van der Waals surface area contributed by atoms with Crippen LogP contribution < -0.4 is 4.74 Å². The van der Waals surface area contributed by atoms with Crippen molar-refractivity contribution in [3.05, 3.63) is 23.8 Å². The normalized spacial score (nSPS) is 19.6. The zero-order chi connectivity index (χ0) is 13.8. The summed E-state index contributed by atoms with van der Waals surface area (Å²) in [4.78, 5) is 14.3. The summed E-state index contributed by atoms with van der Waals surface area (Å²) in [5.74, 6) is 0.140. The molecule has 1 saturated heterocycles. The molecule has 0 bridgehead atoms. The Bertz CT molecular complexity index is 464. The van der Waals surface area contributed by atoms with Crippen LogP contribution in [-0.2, 0) is 11.3 Å². The van der Waals surface area contributed by atoms with Gasteiger partial charge in [0.25, 0.3) is 0 Å². The topological polar surface area (TPSA) is 49.8 Å². The van der Waals surface area contributed by atoms with E-state index in [0.29, 0.717) is 6.54 Å². The third-order valence-corrected chi connectivity index (χ3v) is 4.26. The Morgan fingerprint density at radius 3 is 3.00 bits per heavy atom. The van der Waals surface area contributed by atoms with Gasteiger partial charge in [0.1, 0.15) is 11.8 Å². The molecule has 1 aliphatic rings. The molecule has 1 aliphatic heterocycles. The second-order valence-corrected chi connectivity index (χ2v) is 5.50. The zero-order valence-electron chi connectivity index (χ0n) is 11.3. The van der Waals surface area contributed by atoms with Crippen molar-refractivity contribution >= 4 is 17.7 Å². The predicted octanol–water partition coefficient (Wildman–Crippen LogP) is 2.47. The van der Waals surface area contributed by atoms with Crippen LogP contribution >= 0.6 is 11.8 Å². The Balaban J connectivity index is 2.12. The number of aliphatic carboxylic acids is 1. The van der Waals surface area contributed by atoms with E-state index in [0.717, 1.165) is 35.6 Å². The Hall–Kier alpha value is -1.20. The third-order valence-electron chi connectivity index (χ3n) is 3.48. The van der Waals surface area contributed by atoms with Gasteiger partial charge in [0.15, 0.2) is 0 Å². The molecule has 1 aromatic carbocycles. The van der Waals surface area contributed by atoms with Crippen molar-refractivity contribution in [3.8, 4) is 5.75 Å². The summed E-state index contributed by atoms with van der Waals surface area (Å²) in [6.07, 6.45) is 3.71. The van der Waals surface area contributed by atoms with Crippen molar-refractivity contribution < 1.29 is 14.6 Å². The molecule has 1 aromatic rings. The van der Waals surface area contributed by atoms with Gasteiger partial charge in [0.05, 0.1) is 7.11 Å². The number of methoxy groups -OCH3 is 1. The molecule has 5 heteroatoms. The molecule has 1 N–H and O–H groups in total. The van der Waals surface area contributed by atoms with E-state index in [1.54, 1.807) is 18.9 Å². The van der Waals surface area contributed by atoms with E-state index in [1.165, 1.54) is 0 Å². The lowest BCUT2D eigenvalue weighted by Crippen LogP contribution is -2.35. The number of ether oxygens (including phenoxy) is 1. The summed E-state index contributed by atoms with van der Waals surface area (Å²) in [7, 11) is 1.66. The van der Waals surface area contributed by atoms with Crippen LogP contribution in [0, 0.1) is 0 Å². The molecule has 0 aromatic heterocycles. The van der Waals surface area contributed by atoms with Gasteiger partial charge in [-0.15, -0.1) is 11.8 Å². The Morgan fingerprint density at radius 1 is 1.58 bits per heavy atom. The smallest absolute Gasteiger partial charge is 0.320 e. The van der Waals surface area contributed by atoms with Crippen molar-refractivity contribution in [2.45, 2.75) is 30.3 Å². The Labute approximate surface area is 117 Å². The largest absolute Gasteiger partial charge is 0.496 e. The lowest BCUT2D eigenvalue weighted by Gasteiger charge is -2.21. The fourth-order valence-electron chi connectivity index (χ4n) is 2.51. The van der Waals surface area contributed by atoms with Gasteiger partial charge in [-0.25, -0.2) is 0 Å². The summed E-state index contributed by atoms with van der Waals surface area (Å²) in [6.45, 7) is 1.52. The van der Waals surface area contributed by atoms with E-state index in [-0.39, 0.29) is 6.04 Å². The second-order valence-electron chi connectivity index (χ2n) is 4.66. The van der Waals surface area contributed by atoms with Crippen molar-refractivity contribution in [2.24, 2.45) is 0 Å². The Kier molecular flexibility index (Phi) is 4.71. The van der Waals surface area contributed by atoms with E-state index in [9.17, 15) is 9.90 Å². The van der Waals surface area contributed by atoms with Crippen molar-refractivity contribution in [1.82, 2.24) is 4.90 Å². The molecule has 1 unspecified atom stereocenters. The molecule has 1 atom stereocenters. The van der Waals surface area contributed by atoms with E-state index < -0.39 is 5.97 Å². The number of hydrogen-bond donors (Lipinski definition) is 1. The van der Waals surface area contributed by atoms with E-state index in [4.69, 9.17) is 4.74 Å². The molecule has 0 saturated carbocycles. The lowest BCUT2D eigenvalue weighted by atomic mass is 10.1. The summed E-state index contributed by atoms with van der Waals surface area (Å²) in [5.41, 5.74) is 1.10. The number of benzene rings is 1. The summed E-state index contributed by atoms with van der Waals surface area (Å²) < 4.78 is 5.36. The minimum Gasteiger partial charge on any atom is -0.496 e. The first-order valence-corrected chi connectivity index (χ1v) is 7.56. The molecule has 4 nitrogen and oxygen atoms in total. The molecule has 0 spiro atoms. The quantitative estimate of drug-likeness (QED) is 0.840. The van der Waals surface area contributed by atoms with Crippen LogP contribution in [0.25, 0.3) is 0 Å². The highest BCUT2D eigenvalue weighted by atomic mass is 32.2. The summed E-state index contributed by atoms with van der Waals surface area (Å²) >= 11 is 1.64. The van der Waals surface area contributed by atoms with Crippen LogP contribution in [0.15, 0.2) is 23.1 Å². The predicted molar refractivity (Wildman–Crippen MR) is 75.8 cm³/mol. The maximum atomic E-state index is 11.2. The molecule has 19 heavy (non-hydrogen) atoms. The minimum absolute atomic E-state index is 0.341. The molecule has 1 fully saturated rings. The number of nitrogens with zero attached hydrogens (tertiary/aromatic N) is 1. The van der Waals surface area contributed by atoms with Crippen molar-refractivity contribution in [3.63, 3.8) is 0 Å². The van der Waals surface area contributed by atoms with E-state index >= 15 is 0 Å². The van der Waals surface area contributed by atoms with Crippen LogP contribution in [-0.4, -0.2) is 41.9 Å². The van der Waals surface area contributed by atoms with Crippen LogP contribution in [0.4, 0.5) is 0 Å². The van der Waals surface area contributed by atoms with Crippen LogP contribution in [0.5, 0.6) is 5.75 Å². The third kappa shape index (κ3) is 3.22. The first kappa shape index (κ1) is 14.2. The van der Waals surface area contributed by atoms with Crippen LogP contribution in [0.1, 0.15) is 18.4 Å². The fourth-order valence-corrected chi connectivity index (χ4v) is 3.06. The SMILES string of the molecule is COc1cc(CN2CCCC2C(=O)O)ccc1SC. The highest BCUT2D eigenvalue weighted by Crippen LogP contribution is 2.29. The monoisotopic (exact) mass is 281 g/mol. The number of carboxylic acid groups (broad SMARTS) is 1. The van der Waals surface area contributed by atoms with Gasteiger partial charge in [-0.3, -0.25) is 9.69 Å².